The predicted molar refractivity (Wildman–Crippen MR) is 90.5 cm³/mol. The van der Waals surface area contributed by atoms with Crippen LogP contribution in [-0.2, 0) is 4.79 Å². The van der Waals surface area contributed by atoms with Crippen molar-refractivity contribution in [3.05, 3.63) is 23.8 Å². The number of hydrogen-bond acceptors (Lipinski definition) is 4. The molecule has 1 saturated heterocycles. The van der Waals surface area contributed by atoms with Gasteiger partial charge in [0.25, 0.3) is 0 Å². The summed E-state index contributed by atoms with van der Waals surface area (Å²) in [6.45, 7) is 3.71. The van der Waals surface area contributed by atoms with E-state index in [-0.39, 0.29) is 11.8 Å². The Morgan fingerprint density at radius 3 is 2.86 bits per heavy atom. The number of fused-ring (bicyclic) bond motifs is 1. The van der Waals surface area contributed by atoms with Crippen LogP contribution >= 0.6 is 11.3 Å². The van der Waals surface area contributed by atoms with Crippen LogP contribution in [0.1, 0.15) is 31.2 Å². The largest absolute Gasteiger partial charge is 0.353 e. The molecule has 1 saturated carbocycles. The summed E-state index contributed by atoms with van der Waals surface area (Å²) in [5.74, 6) is 0.370. The fourth-order valence-corrected chi connectivity index (χ4v) is 4.43. The molecule has 1 N–H and O–H groups in total. The molecule has 1 amide bonds. The Labute approximate surface area is 134 Å². The number of rotatable bonds is 3. The molecule has 1 aromatic heterocycles. The van der Waals surface area contributed by atoms with Crippen molar-refractivity contribution in [1.82, 2.24) is 10.3 Å². The van der Waals surface area contributed by atoms with E-state index < -0.39 is 0 Å². The van der Waals surface area contributed by atoms with E-state index in [1.165, 1.54) is 23.1 Å². The van der Waals surface area contributed by atoms with Gasteiger partial charge in [-0.15, -0.1) is 0 Å². The Kier molecular flexibility index (Phi) is 3.53. The lowest BCUT2D eigenvalue weighted by Crippen LogP contribution is -2.55. The van der Waals surface area contributed by atoms with Crippen molar-refractivity contribution in [1.29, 1.82) is 0 Å². The Balaban J connectivity index is 1.38. The molecule has 0 atom stereocenters. The van der Waals surface area contributed by atoms with Gasteiger partial charge in [-0.05, 0) is 37.5 Å². The molecule has 2 fully saturated rings. The molecular formula is C17H21N3OS. The van der Waals surface area contributed by atoms with Gasteiger partial charge in [-0.2, -0.15) is 0 Å². The summed E-state index contributed by atoms with van der Waals surface area (Å²) in [5.41, 5.74) is 2.32. The van der Waals surface area contributed by atoms with Crippen molar-refractivity contribution in [2.45, 2.75) is 38.6 Å². The fourth-order valence-electron chi connectivity index (χ4n) is 3.34. The van der Waals surface area contributed by atoms with Gasteiger partial charge in [-0.25, -0.2) is 4.98 Å². The van der Waals surface area contributed by atoms with E-state index in [0.29, 0.717) is 6.04 Å². The van der Waals surface area contributed by atoms with E-state index >= 15 is 0 Å². The monoisotopic (exact) mass is 315 g/mol. The van der Waals surface area contributed by atoms with E-state index in [0.717, 1.165) is 36.6 Å². The van der Waals surface area contributed by atoms with E-state index in [1.807, 2.05) is 0 Å². The number of nitrogens with zero attached hydrogens (tertiary/aromatic N) is 2. The standard InChI is InChI=1S/C17H21N3OS/c1-11-6-7-14-15(8-11)22-17(19-14)20-9-12(10-20)16(21)18-13-4-2-3-5-13/h6-8,12-13H,2-5,9-10H2,1H3,(H,18,21). The summed E-state index contributed by atoms with van der Waals surface area (Å²) in [4.78, 5) is 19.1. The summed E-state index contributed by atoms with van der Waals surface area (Å²) in [5, 5.41) is 4.25. The quantitative estimate of drug-likeness (QED) is 0.946. The molecule has 1 aliphatic heterocycles. The second-order valence-corrected chi connectivity index (χ2v) is 7.57. The topological polar surface area (TPSA) is 45.2 Å². The molecule has 2 heterocycles. The number of amides is 1. The zero-order valence-corrected chi connectivity index (χ0v) is 13.7. The molecule has 0 radical (unpaired) electrons. The number of aromatic nitrogens is 1. The number of hydrogen-bond donors (Lipinski definition) is 1. The van der Waals surface area contributed by atoms with Crippen LogP contribution in [0, 0.1) is 12.8 Å². The third kappa shape index (κ3) is 2.58. The first-order chi connectivity index (χ1) is 10.7. The van der Waals surface area contributed by atoms with Gasteiger partial charge < -0.3 is 10.2 Å². The van der Waals surface area contributed by atoms with Gasteiger partial charge >= 0.3 is 0 Å². The van der Waals surface area contributed by atoms with Crippen LogP contribution in [-0.4, -0.2) is 30.0 Å². The van der Waals surface area contributed by atoms with Gasteiger partial charge in [0.1, 0.15) is 0 Å². The molecule has 116 valence electrons. The summed E-state index contributed by atoms with van der Waals surface area (Å²) in [6.07, 6.45) is 4.82. The molecule has 4 nitrogen and oxygen atoms in total. The first-order valence-electron chi connectivity index (χ1n) is 8.11. The second kappa shape index (κ2) is 5.54. The minimum atomic E-state index is 0.134. The lowest BCUT2D eigenvalue weighted by Gasteiger charge is -2.38. The van der Waals surface area contributed by atoms with Crippen molar-refractivity contribution in [3.63, 3.8) is 0 Å². The minimum absolute atomic E-state index is 0.134. The molecule has 5 heteroatoms. The number of thiazole rings is 1. The lowest BCUT2D eigenvalue weighted by molar-refractivity contribution is -0.126. The van der Waals surface area contributed by atoms with Gasteiger partial charge in [0.2, 0.25) is 5.91 Å². The third-order valence-electron chi connectivity index (χ3n) is 4.76. The van der Waals surface area contributed by atoms with Crippen LogP contribution in [0.25, 0.3) is 10.2 Å². The number of aryl methyl sites for hydroxylation is 1. The van der Waals surface area contributed by atoms with Crippen molar-refractivity contribution >= 4 is 32.6 Å². The number of anilines is 1. The van der Waals surface area contributed by atoms with Gasteiger partial charge in [0, 0.05) is 19.1 Å². The maximum atomic E-state index is 12.2. The fraction of sp³-hybridized carbons (Fsp3) is 0.529. The van der Waals surface area contributed by atoms with Gasteiger partial charge in [-0.3, -0.25) is 4.79 Å². The zero-order chi connectivity index (χ0) is 15.1. The number of benzene rings is 1. The van der Waals surface area contributed by atoms with E-state index in [2.05, 4.69) is 40.3 Å². The van der Waals surface area contributed by atoms with Crippen LogP contribution in [0.3, 0.4) is 0 Å². The van der Waals surface area contributed by atoms with Gasteiger partial charge in [0.15, 0.2) is 5.13 Å². The Morgan fingerprint density at radius 1 is 1.32 bits per heavy atom. The summed E-state index contributed by atoms with van der Waals surface area (Å²) in [7, 11) is 0. The van der Waals surface area contributed by atoms with E-state index in [1.54, 1.807) is 11.3 Å². The first kappa shape index (κ1) is 14.0. The van der Waals surface area contributed by atoms with Crippen molar-refractivity contribution < 1.29 is 4.79 Å². The second-order valence-electron chi connectivity index (χ2n) is 6.56. The smallest absolute Gasteiger partial charge is 0.226 e. The third-order valence-corrected chi connectivity index (χ3v) is 5.84. The van der Waals surface area contributed by atoms with Crippen LogP contribution < -0.4 is 10.2 Å². The highest BCUT2D eigenvalue weighted by atomic mass is 32.1. The zero-order valence-electron chi connectivity index (χ0n) is 12.8. The molecule has 0 unspecified atom stereocenters. The molecule has 4 rings (SSSR count). The van der Waals surface area contributed by atoms with Gasteiger partial charge in [-0.1, -0.05) is 30.2 Å². The van der Waals surface area contributed by atoms with Crippen LogP contribution in [0.4, 0.5) is 5.13 Å². The molecule has 0 spiro atoms. The number of nitrogens with one attached hydrogen (secondary N) is 1. The Bertz CT molecular complexity index is 699. The number of carbonyl (C=O) groups is 1. The lowest BCUT2D eigenvalue weighted by atomic mass is 9.99. The van der Waals surface area contributed by atoms with Gasteiger partial charge in [0.05, 0.1) is 16.1 Å². The van der Waals surface area contributed by atoms with Crippen LogP contribution in [0.2, 0.25) is 0 Å². The highest BCUT2D eigenvalue weighted by Gasteiger charge is 2.35. The minimum Gasteiger partial charge on any atom is -0.353 e. The Hall–Kier alpha value is -1.62. The molecule has 22 heavy (non-hydrogen) atoms. The van der Waals surface area contributed by atoms with E-state index in [9.17, 15) is 4.79 Å². The predicted octanol–water partition coefficient (Wildman–Crippen LogP) is 3.10. The average molecular weight is 315 g/mol. The molecule has 0 bridgehead atoms. The molecule has 1 aliphatic carbocycles. The summed E-state index contributed by atoms with van der Waals surface area (Å²) >= 11 is 1.73. The van der Waals surface area contributed by atoms with Crippen molar-refractivity contribution in [2.24, 2.45) is 5.92 Å². The van der Waals surface area contributed by atoms with Crippen molar-refractivity contribution in [2.75, 3.05) is 18.0 Å². The van der Waals surface area contributed by atoms with Crippen LogP contribution in [0.5, 0.6) is 0 Å². The van der Waals surface area contributed by atoms with E-state index in [4.69, 9.17) is 0 Å². The molecule has 2 aliphatic rings. The maximum absolute atomic E-state index is 12.2. The summed E-state index contributed by atoms with van der Waals surface area (Å²) in [6, 6.07) is 6.78. The number of carbonyl (C=O) groups excluding carboxylic acids is 1. The van der Waals surface area contributed by atoms with Crippen molar-refractivity contribution in [3.8, 4) is 0 Å². The maximum Gasteiger partial charge on any atom is 0.226 e. The molecule has 2 aromatic rings. The SMILES string of the molecule is Cc1ccc2nc(N3CC(C(=O)NC4CCCC4)C3)sc2c1. The Morgan fingerprint density at radius 2 is 2.09 bits per heavy atom. The molecular weight excluding hydrogens is 294 g/mol. The summed E-state index contributed by atoms with van der Waals surface area (Å²) < 4.78 is 1.23. The average Bonchev–Trinajstić information content (AvgIpc) is 3.05. The normalized spacial score (nSPS) is 19.6. The first-order valence-corrected chi connectivity index (χ1v) is 8.93. The highest BCUT2D eigenvalue weighted by molar-refractivity contribution is 7.22. The highest BCUT2D eigenvalue weighted by Crippen LogP contribution is 2.33. The molecule has 1 aromatic carbocycles. The van der Waals surface area contributed by atoms with Crippen LogP contribution in [0.15, 0.2) is 18.2 Å².